The number of rotatable bonds is 3. The summed E-state index contributed by atoms with van der Waals surface area (Å²) in [7, 11) is 0. The molecule has 2 N–H and O–H groups in total. The second-order valence-corrected chi connectivity index (χ2v) is 4.10. The maximum atomic E-state index is 11.9. The Bertz CT molecular complexity index is 519. The summed E-state index contributed by atoms with van der Waals surface area (Å²) in [5.41, 5.74) is 7.55. The van der Waals surface area contributed by atoms with Crippen molar-refractivity contribution in [3.05, 3.63) is 23.8 Å². The summed E-state index contributed by atoms with van der Waals surface area (Å²) in [6.07, 6.45) is 0. The van der Waals surface area contributed by atoms with Gasteiger partial charge in [-0.2, -0.15) is 0 Å². The first-order chi connectivity index (χ1) is 7.59. The van der Waals surface area contributed by atoms with Crippen LogP contribution in [0.3, 0.4) is 0 Å². The molecule has 5 heteroatoms. The van der Waals surface area contributed by atoms with E-state index in [9.17, 15) is 4.79 Å². The fourth-order valence-electron chi connectivity index (χ4n) is 1.43. The summed E-state index contributed by atoms with van der Waals surface area (Å²) >= 11 is 0. The number of aromatic nitrogens is 2. The van der Waals surface area contributed by atoms with Crippen LogP contribution in [-0.4, -0.2) is 22.1 Å². The minimum Gasteiger partial charge on any atom is -0.321 e. The van der Waals surface area contributed by atoms with E-state index in [1.807, 2.05) is 13.8 Å². The molecular weight excluding hydrogens is 206 g/mol. The Morgan fingerprint density at radius 2 is 2.00 bits per heavy atom. The first-order valence-corrected chi connectivity index (χ1v) is 5.11. The second kappa shape index (κ2) is 4.02. The Morgan fingerprint density at radius 3 is 2.69 bits per heavy atom. The molecule has 1 heterocycles. The molecule has 0 amide bonds. The van der Waals surface area contributed by atoms with Crippen molar-refractivity contribution in [2.24, 2.45) is 11.7 Å². The Labute approximate surface area is 92.6 Å². The predicted molar refractivity (Wildman–Crippen MR) is 58.9 cm³/mol. The van der Waals surface area contributed by atoms with Crippen LogP contribution in [0.25, 0.3) is 11.0 Å². The topological polar surface area (TPSA) is 82.0 Å². The highest BCUT2D eigenvalue weighted by Crippen LogP contribution is 2.14. The van der Waals surface area contributed by atoms with Gasteiger partial charge in [-0.15, -0.1) is 0 Å². The van der Waals surface area contributed by atoms with Crippen molar-refractivity contribution in [3.8, 4) is 0 Å². The van der Waals surface area contributed by atoms with Gasteiger partial charge in [-0.1, -0.05) is 13.8 Å². The van der Waals surface area contributed by atoms with Crippen molar-refractivity contribution in [1.82, 2.24) is 10.3 Å². The molecule has 0 radical (unpaired) electrons. The van der Waals surface area contributed by atoms with Crippen molar-refractivity contribution < 1.29 is 9.42 Å². The molecular formula is C11H13N3O2. The van der Waals surface area contributed by atoms with E-state index in [1.165, 1.54) is 0 Å². The molecule has 84 valence electrons. The molecule has 1 aromatic heterocycles. The molecule has 1 unspecified atom stereocenters. The molecule has 0 fully saturated rings. The van der Waals surface area contributed by atoms with Gasteiger partial charge < -0.3 is 5.73 Å². The monoisotopic (exact) mass is 219 g/mol. The number of Topliss-reactive ketones (excluding diaryl/α,β-unsaturated/α-hetero) is 1. The standard InChI is InChI=1S/C11H13N3O2/c1-6(2)10(12)11(15)7-3-4-8-9(5-7)14-16-13-8/h3-6,10H,12H2,1-2H3. The molecule has 2 aromatic rings. The van der Waals surface area contributed by atoms with Crippen molar-refractivity contribution in [2.75, 3.05) is 0 Å². The van der Waals surface area contributed by atoms with Crippen LogP contribution in [0.15, 0.2) is 22.8 Å². The fourth-order valence-corrected chi connectivity index (χ4v) is 1.43. The number of hydrogen-bond donors (Lipinski definition) is 1. The Kier molecular flexibility index (Phi) is 2.70. The van der Waals surface area contributed by atoms with Gasteiger partial charge in [0.25, 0.3) is 0 Å². The van der Waals surface area contributed by atoms with E-state index in [-0.39, 0.29) is 11.7 Å². The van der Waals surface area contributed by atoms with E-state index in [2.05, 4.69) is 14.9 Å². The number of hydrogen-bond acceptors (Lipinski definition) is 5. The number of benzene rings is 1. The average molecular weight is 219 g/mol. The van der Waals surface area contributed by atoms with Gasteiger partial charge in [0.05, 0.1) is 6.04 Å². The number of carbonyl (C=O) groups is 1. The van der Waals surface area contributed by atoms with Crippen molar-refractivity contribution in [1.29, 1.82) is 0 Å². The van der Waals surface area contributed by atoms with E-state index in [4.69, 9.17) is 5.73 Å². The second-order valence-electron chi connectivity index (χ2n) is 4.10. The number of carbonyl (C=O) groups excluding carboxylic acids is 1. The molecule has 0 spiro atoms. The van der Waals surface area contributed by atoms with Gasteiger partial charge in [0, 0.05) is 5.56 Å². The maximum absolute atomic E-state index is 11.9. The van der Waals surface area contributed by atoms with Crippen LogP contribution in [0.2, 0.25) is 0 Å². The summed E-state index contributed by atoms with van der Waals surface area (Å²) in [6, 6.07) is 4.55. The molecule has 1 atom stereocenters. The van der Waals surface area contributed by atoms with E-state index in [1.54, 1.807) is 18.2 Å². The Hall–Kier alpha value is -1.75. The molecule has 0 saturated heterocycles. The van der Waals surface area contributed by atoms with Gasteiger partial charge in [0.1, 0.15) is 11.0 Å². The van der Waals surface area contributed by atoms with Crippen LogP contribution in [0, 0.1) is 5.92 Å². The van der Waals surface area contributed by atoms with Crippen LogP contribution in [0.4, 0.5) is 0 Å². The Balaban J connectivity index is 2.36. The lowest BCUT2D eigenvalue weighted by Crippen LogP contribution is -2.35. The normalized spacial score (nSPS) is 13.2. The van der Waals surface area contributed by atoms with Gasteiger partial charge in [-0.3, -0.25) is 4.79 Å². The third kappa shape index (κ3) is 1.81. The summed E-state index contributed by atoms with van der Waals surface area (Å²) < 4.78 is 4.57. The highest BCUT2D eigenvalue weighted by Gasteiger charge is 2.19. The van der Waals surface area contributed by atoms with Gasteiger partial charge >= 0.3 is 0 Å². The molecule has 0 bridgehead atoms. The van der Waals surface area contributed by atoms with E-state index in [0.717, 1.165) is 0 Å². The SMILES string of the molecule is CC(C)C(N)C(=O)c1ccc2nonc2c1. The van der Waals surface area contributed by atoms with Crippen LogP contribution in [-0.2, 0) is 0 Å². The molecule has 1 aromatic carbocycles. The fraction of sp³-hybridized carbons (Fsp3) is 0.364. The zero-order chi connectivity index (χ0) is 11.7. The third-order valence-electron chi connectivity index (χ3n) is 2.56. The summed E-state index contributed by atoms with van der Waals surface area (Å²) in [5.74, 6) is 0.0264. The number of nitrogens with zero attached hydrogens (tertiary/aromatic N) is 2. The number of fused-ring (bicyclic) bond motifs is 1. The number of ketones is 1. The van der Waals surface area contributed by atoms with Gasteiger partial charge in [0.15, 0.2) is 5.78 Å². The summed E-state index contributed by atoms with van der Waals surface area (Å²) in [5, 5.41) is 7.36. The molecule has 0 aliphatic carbocycles. The van der Waals surface area contributed by atoms with Crippen molar-refractivity contribution in [2.45, 2.75) is 19.9 Å². The van der Waals surface area contributed by atoms with Gasteiger partial charge in [-0.05, 0) is 34.4 Å². The quantitative estimate of drug-likeness (QED) is 0.789. The highest BCUT2D eigenvalue weighted by atomic mass is 16.6. The van der Waals surface area contributed by atoms with Crippen molar-refractivity contribution >= 4 is 16.8 Å². The molecule has 16 heavy (non-hydrogen) atoms. The molecule has 0 aliphatic heterocycles. The smallest absolute Gasteiger partial charge is 0.179 e. The maximum Gasteiger partial charge on any atom is 0.179 e. The van der Waals surface area contributed by atoms with E-state index < -0.39 is 6.04 Å². The molecule has 0 saturated carbocycles. The first kappa shape index (κ1) is 10.8. The van der Waals surface area contributed by atoms with Crippen LogP contribution in [0.1, 0.15) is 24.2 Å². The predicted octanol–water partition coefficient (Wildman–Crippen LogP) is 1.39. The van der Waals surface area contributed by atoms with Crippen LogP contribution in [0.5, 0.6) is 0 Å². The summed E-state index contributed by atoms with van der Waals surface area (Å²) in [4.78, 5) is 11.9. The van der Waals surface area contributed by atoms with Crippen LogP contribution < -0.4 is 5.73 Å². The average Bonchev–Trinajstić information content (AvgIpc) is 2.73. The van der Waals surface area contributed by atoms with Gasteiger partial charge in [-0.25, -0.2) is 4.63 Å². The minimum atomic E-state index is -0.489. The zero-order valence-electron chi connectivity index (χ0n) is 9.18. The molecule has 0 aliphatic rings. The lowest BCUT2D eigenvalue weighted by Gasteiger charge is -2.13. The van der Waals surface area contributed by atoms with E-state index in [0.29, 0.717) is 16.6 Å². The van der Waals surface area contributed by atoms with E-state index >= 15 is 0 Å². The highest BCUT2D eigenvalue weighted by molar-refractivity contribution is 6.02. The lowest BCUT2D eigenvalue weighted by molar-refractivity contribution is 0.0940. The third-order valence-corrected chi connectivity index (χ3v) is 2.56. The largest absolute Gasteiger partial charge is 0.321 e. The molecule has 5 nitrogen and oxygen atoms in total. The lowest BCUT2D eigenvalue weighted by atomic mass is 9.96. The van der Waals surface area contributed by atoms with Gasteiger partial charge in [0.2, 0.25) is 0 Å². The minimum absolute atomic E-state index is 0.0834. The van der Waals surface area contributed by atoms with Crippen molar-refractivity contribution in [3.63, 3.8) is 0 Å². The zero-order valence-corrected chi connectivity index (χ0v) is 9.18. The Morgan fingerprint density at radius 1 is 1.31 bits per heavy atom. The summed E-state index contributed by atoms with van der Waals surface area (Å²) in [6.45, 7) is 3.83. The van der Waals surface area contributed by atoms with Crippen LogP contribution >= 0.6 is 0 Å². The number of nitrogens with two attached hydrogens (primary N) is 1. The first-order valence-electron chi connectivity index (χ1n) is 5.11. The molecule has 2 rings (SSSR count).